The molecule has 0 bridgehead atoms. The Bertz CT molecular complexity index is 541. The van der Waals surface area contributed by atoms with Crippen molar-refractivity contribution in [3.8, 4) is 6.07 Å². The molecule has 1 rings (SSSR count). The lowest BCUT2D eigenvalue weighted by Gasteiger charge is -2.09. The average Bonchev–Trinajstić information content (AvgIpc) is 2.37. The molecule has 1 aromatic heterocycles. The smallest absolute Gasteiger partial charge is 0.318 e. The molecule has 0 aliphatic rings. The largest absolute Gasteiger partial charge is 0.469 e. The molecular formula is C11H11N3O4S. The van der Waals surface area contributed by atoms with Gasteiger partial charge in [-0.05, 0) is 6.07 Å². The summed E-state index contributed by atoms with van der Waals surface area (Å²) in [5.74, 6) is -0.404. The maximum Gasteiger partial charge on any atom is 0.318 e. The first-order valence-corrected chi connectivity index (χ1v) is 6.14. The zero-order valence-corrected chi connectivity index (χ0v) is 11.1. The molecule has 0 aromatic carbocycles. The van der Waals surface area contributed by atoms with E-state index in [9.17, 15) is 14.9 Å². The predicted octanol–water partition coefficient (Wildman–Crippen LogP) is 1.91. The van der Waals surface area contributed by atoms with E-state index in [1.807, 2.05) is 0 Å². The summed E-state index contributed by atoms with van der Waals surface area (Å²) in [4.78, 5) is 25.3. The standard InChI is InChI=1S/C11H11N3O4S/c1-7(5-9(15)18-2)19-11-10(14(16)17)8(6-12)3-4-13-11/h3-4,7H,5H2,1-2H3. The number of carbonyl (C=O) groups excluding carboxylic acids is 1. The minimum absolute atomic E-state index is 0.0484. The van der Waals surface area contributed by atoms with Gasteiger partial charge in [0.25, 0.3) is 0 Å². The third kappa shape index (κ3) is 3.93. The number of nitro groups is 1. The zero-order valence-electron chi connectivity index (χ0n) is 10.3. The van der Waals surface area contributed by atoms with Crippen molar-refractivity contribution in [3.05, 3.63) is 27.9 Å². The number of thioether (sulfide) groups is 1. The molecule has 7 nitrogen and oxygen atoms in total. The number of nitriles is 1. The monoisotopic (exact) mass is 281 g/mol. The van der Waals surface area contributed by atoms with Gasteiger partial charge in [0.2, 0.25) is 0 Å². The predicted molar refractivity (Wildman–Crippen MR) is 67.6 cm³/mol. The zero-order chi connectivity index (χ0) is 14.4. The molecule has 0 aliphatic heterocycles. The molecule has 0 amide bonds. The molecule has 19 heavy (non-hydrogen) atoms. The molecule has 8 heteroatoms. The first-order chi connectivity index (χ1) is 8.99. The summed E-state index contributed by atoms with van der Waals surface area (Å²) >= 11 is 1.07. The molecule has 0 fully saturated rings. The normalized spacial score (nSPS) is 11.4. The van der Waals surface area contributed by atoms with Crippen LogP contribution in [-0.2, 0) is 9.53 Å². The third-order valence-corrected chi connectivity index (χ3v) is 3.28. The number of hydrogen-bond donors (Lipinski definition) is 0. The molecule has 100 valence electrons. The maximum absolute atomic E-state index is 11.1. The van der Waals surface area contributed by atoms with Crippen LogP contribution in [0.4, 0.5) is 5.69 Å². The van der Waals surface area contributed by atoms with Gasteiger partial charge in [-0.1, -0.05) is 18.7 Å². The van der Waals surface area contributed by atoms with Gasteiger partial charge < -0.3 is 4.74 Å². The van der Waals surface area contributed by atoms with Gasteiger partial charge in [-0.2, -0.15) is 5.26 Å². The van der Waals surface area contributed by atoms with Crippen LogP contribution in [0.5, 0.6) is 0 Å². The van der Waals surface area contributed by atoms with E-state index in [0.717, 1.165) is 11.8 Å². The second-order valence-electron chi connectivity index (χ2n) is 3.59. The fraction of sp³-hybridized carbons (Fsp3) is 0.364. The summed E-state index contributed by atoms with van der Waals surface area (Å²) in [6.45, 7) is 1.73. The van der Waals surface area contributed by atoms with Crippen molar-refractivity contribution >= 4 is 23.4 Å². The number of ether oxygens (including phenoxy) is 1. The third-order valence-electron chi connectivity index (χ3n) is 2.19. The van der Waals surface area contributed by atoms with Gasteiger partial charge in [-0.15, -0.1) is 0 Å². The van der Waals surface area contributed by atoms with Crippen LogP contribution in [0, 0.1) is 21.4 Å². The number of rotatable bonds is 5. The molecule has 0 N–H and O–H groups in total. The Labute approximate surface area is 113 Å². The van der Waals surface area contributed by atoms with Crippen LogP contribution in [0.25, 0.3) is 0 Å². The summed E-state index contributed by atoms with van der Waals surface area (Å²) in [5.41, 5.74) is -0.375. The SMILES string of the molecule is COC(=O)CC(C)Sc1nccc(C#N)c1[N+](=O)[O-]. The molecular weight excluding hydrogens is 270 g/mol. The molecule has 0 radical (unpaired) electrons. The van der Waals surface area contributed by atoms with E-state index in [4.69, 9.17) is 5.26 Å². The van der Waals surface area contributed by atoms with Crippen LogP contribution in [0.2, 0.25) is 0 Å². The fourth-order valence-electron chi connectivity index (χ4n) is 1.34. The van der Waals surface area contributed by atoms with E-state index >= 15 is 0 Å². The van der Waals surface area contributed by atoms with Crippen molar-refractivity contribution in [1.29, 1.82) is 5.26 Å². The number of methoxy groups -OCH3 is 1. The highest BCUT2D eigenvalue weighted by Gasteiger charge is 2.24. The van der Waals surface area contributed by atoms with Crippen molar-refractivity contribution < 1.29 is 14.5 Å². The Kier molecular flexibility index (Phi) is 5.26. The molecule has 1 atom stereocenters. The van der Waals surface area contributed by atoms with Crippen LogP contribution >= 0.6 is 11.8 Å². The van der Waals surface area contributed by atoms with Crippen molar-refractivity contribution in [2.24, 2.45) is 0 Å². The van der Waals surface area contributed by atoms with Gasteiger partial charge in [-0.3, -0.25) is 14.9 Å². The van der Waals surface area contributed by atoms with E-state index in [-0.39, 0.29) is 27.9 Å². The average molecular weight is 281 g/mol. The Hall–Kier alpha value is -2.14. The molecule has 0 aliphatic carbocycles. The van der Waals surface area contributed by atoms with E-state index in [1.54, 1.807) is 13.0 Å². The van der Waals surface area contributed by atoms with Gasteiger partial charge in [0, 0.05) is 11.4 Å². The van der Waals surface area contributed by atoms with Crippen molar-refractivity contribution in [2.75, 3.05) is 7.11 Å². The number of nitrogens with zero attached hydrogens (tertiary/aromatic N) is 3. The summed E-state index contributed by atoms with van der Waals surface area (Å²) < 4.78 is 4.52. The van der Waals surface area contributed by atoms with E-state index in [1.165, 1.54) is 19.4 Å². The Morgan fingerprint density at radius 1 is 1.74 bits per heavy atom. The van der Waals surface area contributed by atoms with Crippen LogP contribution in [0.15, 0.2) is 17.3 Å². The Morgan fingerprint density at radius 2 is 2.42 bits per heavy atom. The number of carbonyl (C=O) groups is 1. The number of aromatic nitrogens is 1. The molecule has 0 spiro atoms. The highest BCUT2D eigenvalue weighted by molar-refractivity contribution is 8.00. The van der Waals surface area contributed by atoms with Gasteiger partial charge in [-0.25, -0.2) is 4.98 Å². The Morgan fingerprint density at radius 3 is 2.95 bits per heavy atom. The fourth-order valence-corrected chi connectivity index (χ4v) is 2.36. The lowest BCUT2D eigenvalue weighted by molar-refractivity contribution is -0.388. The second kappa shape index (κ2) is 6.70. The van der Waals surface area contributed by atoms with Gasteiger partial charge in [0.15, 0.2) is 5.03 Å². The summed E-state index contributed by atoms with van der Waals surface area (Å²) in [5, 5.41) is 19.7. The van der Waals surface area contributed by atoms with E-state index in [2.05, 4.69) is 9.72 Å². The molecule has 0 saturated carbocycles. The summed E-state index contributed by atoms with van der Waals surface area (Å²) in [6, 6.07) is 3.04. The van der Waals surface area contributed by atoms with Gasteiger partial charge in [0.1, 0.15) is 11.6 Å². The number of hydrogen-bond acceptors (Lipinski definition) is 7. The minimum Gasteiger partial charge on any atom is -0.469 e. The highest BCUT2D eigenvalue weighted by atomic mass is 32.2. The molecule has 1 unspecified atom stereocenters. The van der Waals surface area contributed by atoms with Crippen molar-refractivity contribution in [1.82, 2.24) is 4.98 Å². The minimum atomic E-state index is -0.640. The second-order valence-corrected chi connectivity index (χ2v) is 5.02. The maximum atomic E-state index is 11.1. The molecule has 1 aromatic rings. The quantitative estimate of drug-likeness (QED) is 0.351. The lowest BCUT2D eigenvalue weighted by atomic mass is 10.2. The lowest BCUT2D eigenvalue weighted by Crippen LogP contribution is -2.09. The van der Waals surface area contributed by atoms with E-state index < -0.39 is 10.9 Å². The topological polar surface area (TPSA) is 106 Å². The summed E-state index contributed by atoms with van der Waals surface area (Å²) in [6.07, 6.45) is 1.44. The Balaban J connectivity index is 2.98. The van der Waals surface area contributed by atoms with Crippen LogP contribution in [0.1, 0.15) is 18.9 Å². The number of pyridine rings is 1. The van der Waals surface area contributed by atoms with Crippen LogP contribution < -0.4 is 0 Å². The first kappa shape index (κ1) is 14.9. The van der Waals surface area contributed by atoms with E-state index in [0.29, 0.717) is 0 Å². The van der Waals surface area contributed by atoms with Crippen molar-refractivity contribution in [2.45, 2.75) is 23.6 Å². The highest BCUT2D eigenvalue weighted by Crippen LogP contribution is 2.33. The van der Waals surface area contributed by atoms with Gasteiger partial charge in [0.05, 0.1) is 18.5 Å². The molecule has 1 heterocycles. The van der Waals surface area contributed by atoms with Crippen molar-refractivity contribution in [3.63, 3.8) is 0 Å². The first-order valence-electron chi connectivity index (χ1n) is 5.26. The summed E-state index contributed by atoms with van der Waals surface area (Å²) in [7, 11) is 1.27. The molecule has 0 saturated heterocycles. The van der Waals surface area contributed by atoms with Gasteiger partial charge >= 0.3 is 11.7 Å². The van der Waals surface area contributed by atoms with Crippen LogP contribution in [-0.4, -0.2) is 28.2 Å². The van der Waals surface area contributed by atoms with Crippen LogP contribution in [0.3, 0.4) is 0 Å². The number of esters is 1.